The van der Waals surface area contributed by atoms with Gasteiger partial charge >= 0.3 is 0 Å². The molecule has 0 radical (unpaired) electrons. The molecule has 0 amide bonds. The van der Waals surface area contributed by atoms with E-state index in [9.17, 15) is 4.79 Å². The Balaban J connectivity index is 3.67. The van der Waals surface area contributed by atoms with Crippen molar-refractivity contribution < 1.29 is 4.79 Å². The fourth-order valence-electron chi connectivity index (χ4n) is 0.195. The van der Waals surface area contributed by atoms with Gasteiger partial charge in [0.25, 0.3) is 0 Å². The highest BCUT2D eigenvalue weighted by Gasteiger charge is 1.67. The average Bonchev–Trinajstić information content (AvgIpc) is 1.66. The minimum Gasteiger partial charge on any atom is -0.211 e. The van der Waals surface area contributed by atoms with Crippen LogP contribution in [-0.4, -0.2) is 6.08 Å². The van der Waals surface area contributed by atoms with E-state index in [1.54, 1.807) is 6.08 Å². The Kier molecular flexibility index (Phi) is 3.46. The van der Waals surface area contributed by atoms with Gasteiger partial charge in [0.05, 0.1) is 0 Å². The van der Waals surface area contributed by atoms with Crippen molar-refractivity contribution in [3.05, 3.63) is 24.4 Å². The molecule has 0 unspecified atom stereocenters. The first-order valence-corrected chi connectivity index (χ1v) is 2.16. The van der Waals surface area contributed by atoms with E-state index in [1.165, 1.54) is 12.3 Å². The van der Waals surface area contributed by atoms with Crippen molar-refractivity contribution in [1.29, 1.82) is 0 Å². The number of aliphatic imine (C=N–C) groups is 1. The summed E-state index contributed by atoms with van der Waals surface area (Å²) in [7, 11) is 0. The highest BCUT2D eigenvalue weighted by molar-refractivity contribution is 5.35. The second-order valence-electron chi connectivity index (χ2n) is 1.38. The molecule has 0 bridgehead atoms. The van der Waals surface area contributed by atoms with Crippen molar-refractivity contribution in [2.75, 3.05) is 0 Å². The molecule has 0 aliphatic heterocycles. The van der Waals surface area contributed by atoms with Crippen LogP contribution in [0.1, 0.15) is 6.92 Å². The lowest BCUT2D eigenvalue weighted by Gasteiger charge is -1.76. The van der Waals surface area contributed by atoms with Crippen LogP contribution in [0.25, 0.3) is 0 Å². The van der Waals surface area contributed by atoms with Crippen molar-refractivity contribution in [1.82, 2.24) is 0 Å². The first kappa shape index (κ1) is 6.86. The molecule has 0 N–H and O–H groups in total. The van der Waals surface area contributed by atoms with Gasteiger partial charge in [-0.15, -0.1) is 0 Å². The normalized spacial score (nSPS) is 8.62. The summed E-state index contributed by atoms with van der Waals surface area (Å²) in [6, 6.07) is 0. The molecule has 0 saturated heterocycles. The molecule has 42 valence electrons. The summed E-state index contributed by atoms with van der Waals surface area (Å²) in [5.41, 5.74) is 0.865. The van der Waals surface area contributed by atoms with Crippen LogP contribution in [0, 0.1) is 0 Å². The van der Waals surface area contributed by atoms with Crippen LogP contribution in [0.3, 0.4) is 0 Å². The summed E-state index contributed by atoms with van der Waals surface area (Å²) in [5, 5.41) is 0. The molecule has 0 rings (SSSR count). The zero-order valence-electron chi connectivity index (χ0n) is 4.72. The molecule has 0 aromatic carbocycles. The molecule has 8 heavy (non-hydrogen) atoms. The van der Waals surface area contributed by atoms with E-state index >= 15 is 0 Å². The Labute approximate surface area is 48.2 Å². The molecule has 2 nitrogen and oxygen atoms in total. The van der Waals surface area contributed by atoms with Gasteiger partial charge in [0.1, 0.15) is 0 Å². The predicted octanol–water partition coefficient (Wildman–Crippen LogP) is 1.41. The maximum atomic E-state index is 9.41. The third kappa shape index (κ3) is 4.86. The minimum atomic E-state index is 0.865. The zero-order chi connectivity index (χ0) is 6.41. The molecule has 0 aromatic heterocycles. The summed E-state index contributed by atoms with van der Waals surface area (Å²) in [6.07, 6.45) is 4.36. The van der Waals surface area contributed by atoms with Gasteiger partial charge in [-0.1, -0.05) is 12.2 Å². The molecule has 0 aromatic rings. The zero-order valence-corrected chi connectivity index (χ0v) is 4.72. The van der Waals surface area contributed by atoms with Crippen molar-refractivity contribution >= 4 is 6.08 Å². The third-order valence-electron chi connectivity index (χ3n) is 0.486. The van der Waals surface area contributed by atoms with E-state index in [4.69, 9.17) is 0 Å². The van der Waals surface area contributed by atoms with Gasteiger partial charge in [-0.3, -0.25) is 0 Å². The number of hydrogen-bond acceptors (Lipinski definition) is 2. The van der Waals surface area contributed by atoms with Crippen LogP contribution in [-0.2, 0) is 4.79 Å². The number of allylic oxidation sites excluding steroid dienone is 2. The monoisotopic (exact) mass is 109 g/mol. The summed E-state index contributed by atoms with van der Waals surface area (Å²) in [4.78, 5) is 12.6. The Bertz CT molecular complexity index is 148. The van der Waals surface area contributed by atoms with Gasteiger partial charge in [-0.05, 0) is 13.0 Å². The fourth-order valence-corrected chi connectivity index (χ4v) is 0.195. The molecule has 0 atom stereocenters. The molecule has 0 heterocycles. The molecule has 2 heteroatoms. The lowest BCUT2D eigenvalue weighted by molar-refractivity contribution is 0.565. The van der Waals surface area contributed by atoms with Crippen molar-refractivity contribution in [2.24, 2.45) is 4.99 Å². The standard InChI is InChI=1S/C6H7NO/c1-6(2)3-4-7-5-8/h3-4H,1H2,2H3. The van der Waals surface area contributed by atoms with E-state index in [0.29, 0.717) is 0 Å². The highest BCUT2D eigenvalue weighted by atomic mass is 16.1. The number of carbonyl (C=O) groups excluding carboxylic acids is 1. The smallest absolute Gasteiger partial charge is 0.211 e. The topological polar surface area (TPSA) is 29.4 Å². The molecule has 0 fully saturated rings. The fraction of sp³-hybridized carbons (Fsp3) is 0.167. The van der Waals surface area contributed by atoms with Crippen molar-refractivity contribution in [2.45, 2.75) is 6.92 Å². The maximum absolute atomic E-state index is 9.41. The molecule has 0 aliphatic carbocycles. The van der Waals surface area contributed by atoms with E-state index in [2.05, 4.69) is 11.6 Å². The third-order valence-corrected chi connectivity index (χ3v) is 0.486. The van der Waals surface area contributed by atoms with E-state index < -0.39 is 0 Å². The van der Waals surface area contributed by atoms with Gasteiger partial charge in [0.15, 0.2) is 0 Å². The van der Waals surface area contributed by atoms with Gasteiger partial charge in [0.2, 0.25) is 6.08 Å². The highest BCUT2D eigenvalue weighted by Crippen LogP contribution is 1.86. The van der Waals surface area contributed by atoms with Gasteiger partial charge in [0, 0.05) is 6.20 Å². The van der Waals surface area contributed by atoms with Crippen LogP contribution in [0.5, 0.6) is 0 Å². The van der Waals surface area contributed by atoms with E-state index in [-0.39, 0.29) is 0 Å². The minimum absolute atomic E-state index is 0.865. The van der Waals surface area contributed by atoms with Gasteiger partial charge < -0.3 is 0 Å². The molecule has 0 aliphatic rings. The average molecular weight is 109 g/mol. The first-order chi connectivity index (χ1) is 3.77. The van der Waals surface area contributed by atoms with Crippen LogP contribution in [0.15, 0.2) is 29.4 Å². The number of isocyanates is 1. The van der Waals surface area contributed by atoms with Crippen LogP contribution >= 0.6 is 0 Å². The van der Waals surface area contributed by atoms with Crippen LogP contribution in [0.2, 0.25) is 0 Å². The van der Waals surface area contributed by atoms with Gasteiger partial charge in [-0.2, -0.15) is 4.99 Å². The molecule has 0 saturated carbocycles. The lowest BCUT2D eigenvalue weighted by Crippen LogP contribution is -1.57. The van der Waals surface area contributed by atoms with Crippen molar-refractivity contribution in [3.8, 4) is 0 Å². The maximum Gasteiger partial charge on any atom is 0.239 e. The molecular formula is C6H7NO. The van der Waals surface area contributed by atoms with Crippen LogP contribution in [0.4, 0.5) is 0 Å². The number of hydrogen-bond donors (Lipinski definition) is 0. The molecule has 0 spiro atoms. The van der Waals surface area contributed by atoms with Gasteiger partial charge in [-0.25, -0.2) is 4.79 Å². The quantitative estimate of drug-likeness (QED) is 0.299. The summed E-state index contributed by atoms with van der Waals surface area (Å²) >= 11 is 0. The first-order valence-electron chi connectivity index (χ1n) is 2.16. The van der Waals surface area contributed by atoms with Crippen molar-refractivity contribution in [3.63, 3.8) is 0 Å². The SMILES string of the molecule is C=C(C)C=CN=C=O. The Morgan fingerprint density at radius 3 is 2.88 bits per heavy atom. The lowest BCUT2D eigenvalue weighted by atomic mass is 10.3. The largest absolute Gasteiger partial charge is 0.239 e. The molecular weight excluding hydrogens is 102 g/mol. The number of rotatable bonds is 2. The summed E-state index contributed by atoms with van der Waals surface area (Å²) < 4.78 is 0. The van der Waals surface area contributed by atoms with E-state index in [0.717, 1.165) is 5.57 Å². The Morgan fingerprint density at radius 1 is 1.88 bits per heavy atom. The number of nitrogens with zero attached hydrogens (tertiary/aromatic N) is 1. The summed E-state index contributed by atoms with van der Waals surface area (Å²) in [6.45, 7) is 5.37. The Hall–Kier alpha value is -1.14. The summed E-state index contributed by atoms with van der Waals surface area (Å²) in [5.74, 6) is 0. The second-order valence-corrected chi connectivity index (χ2v) is 1.38. The van der Waals surface area contributed by atoms with Crippen LogP contribution < -0.4 is 0 Å². The second kappa shape index (κ2) is 4.03. The van der Waals surface area contributed by atoms with E-state index in [1.807, 2.05) is 6.92 Å². The Morgan fingerprint density at radius 2 is 2.50 bits per heavy atom. The predicted molar refractivity (Wildman–Crippen MR) is 32.1 cm³/mol.